The lowest BCUT2D eigenvalue weighted by Gasteiger charge is -2.11. The van der Waals surface area contributed by atoms with Gasteiger partial charge in [0.1, 0.15) is 17.9 Å². The zero-order valence-electron chi connectivity index (χ0n) is 15.6. The van der Waals surface area contributed by atoms with Gasteiger partial charge in [0.15, 0.2) is 17.1 Å². The van der Waals surface area contributed by atoms with Crippen molar-refractivity contribution in [2.24, 2.45) is 7.05 Å². The second-order valence-corrected chi connectivity index (χ2v) is 7.20. The highest BCUT2D eigenvalue weighted by molar-refractivity contribution is 14.1. The standard InChI is InChI=1S/C20H18IN3O4/c1-24-10-13(8-23-24)18-16(21)17-20(28-18)19(15(26-3)9-22-17)27-11-12-4-6-14(25-2)7-5-12/h4-10H,11H2,1-3H3. The summed E-state index contributed by atoms with van der Waals surface area (Å²) in [6, 6.07) is 7.70. The predicted octanol–water partition coefficient (Wildman–Crippen LogP) is 4.43. The summed E-state index contributed by atoms with van der Waals surface area (Å²) in [6.45, 7) is 0.360. The van der Waals surface area contributed by atoms with Gasteiger partial charge in [0, 0.05) is 13.2 Å². The van der Waals surface area contributed by atoms with E-state index in [0.717, 1.165) is 26.0 Å². The summed E-state index contributed by atoms with van der Waals surface area (Å²) in [7, 11) is 5.09. The zero-order valence-corrected chi connectivity index (χ0v) is 17.8. The second-order valence-electron chi connectivity index (χ2n) is 6.12. The average Bonchev–Trinajstić information content (AvgIpc) is 3.29. The maximum absolute atomic E-state index is 6.15. The van der Waals surface area contributed by atoms with Crippen LogP contribution >= 0.6 is 22.6 Å². The van der Waals surface area contributed by atoms with E-state index in [9.17, 15) is 0 Å². The highest BCUT2D eigenvalue weighted by Gasteiger charge is 2.22. The molecule has 0 aliphatic heterocycles. The van der Waals surface area contributed by atoms with E-state index in [1.807, 2.05) is 37.5 Å². The fraction of sp³-hybridized carbons (Fsp3) is 0.200. The molecule has 0 saturated heterocycles. The minimum Gasteiger partial charge on any atom is -0.497 e. The van der Waals surface area contributed by atoms with E-state index >= 15 is 0 Å². The Morgan fingerprint density at radius 2 is 1.89 bits per heavy atom. The molecule has 1 aromatic carbocycles. The average molecular weight is 491 g/mol. The minimum absolute atomic E-state index is 0.360. The van der Waals surface area contributed by atoms with Crippen LogP contribution in [0.2, 0.25) is 0 Å². The van der Waals surface area contributed by atoms with Crippen LogP contribution in [0.4, 0.5) is 0 Å². The normalized spacial score (nSPS) is 11.0. The van der Waals surface area contributed by atoms with E-state index in [4.69, 9.17) is 18.6 Å². The predicted molar refractivity (Wildman–Crippen MR) is 113 cm³/mol. The Bertz CT molecular complexity index is 1120. The van der Waals surface area contributed by atoms with Crippen molar-refractivity contribution in [3.8, 4) is 28.6 Å². The molecule has 4 rings (SSSR count). The first-order valence-electron chi connectivity index (χ1n) is 8.50. The number of hydrogen-bond acceptors (Lipinski definition) is 6. The van der Waals surface area contributed by atoms with Crippen LogP contribution in [0.5, 0.6) is 17.2 Å². The van der Waals surface area contributed by atoms with Crippen molar-refractivity contribution in [2.45, 2.75) is 6.61 Å². The lowest BCUT2D eigenvalue weighted by molar-refractivity contribution is 0.283. The third-order valence-electron chi connectivity index (χ3n) is 4.30. The first-order valence-corrected chi connectivity index (χ1v) is 9.58. The second kappa shape index (κ2) is 7.70. The molecule has 4 aromatic rings. The van der Waals surface area contributed by atoms with Crippen molar-refractivity contribution in [1.82, 2.24) is 14.8 Å². The molecule has 3 aromatic heterocycles. The molecule has 0 unspecified atom stereocenters. The summed E-state index contributed by atoms with van der Waals surface area (Å²) >= 11 is 2.23. The molecular formula is C20H18IN3O4. The Morgan fingerprint density at radius 3 is 2.54 bits per heavy atom. The number of aromatic nitrogens is 3. The molecule has 0 spiro atoms. The SMILES string of the molecule is COc1ccc(COc2c(OC)cnc3c(I)c(-c4cnn(C)c4)oc23)cc1. The van der Waals surface area contributed by atoms with Crippen LogP contribution in [0.1, 0.15) is 5.56 Å². The topological polar surface area (TPSA) is 71.5 Å². The Kier molecular flexibility index (Phi) is 5.12. The highest BCUT2D eigenvalue weighted by atomic mass is 127. The lowest BCUT2D eigenvalue weighted by Crippen LogP contribution is -1.99. The number of ether oxygens (including phenoxy) is 3. The van der Waals surface area contributed by atoms with Gasteiger partial charge >= 0.3 is 0 Å². The third kappa shape index (κ3) is 3.39. The summed E-state index contributed by atoms with van der Waals surface area (Å²) in [5.74, 6) is 2.55. The minimum atomic E-state index is 0.360. The number of pyridine rings is 1. The number of halogens is 1. The third-order valence-corrected chi connectivity index (χ3v) is 5.30. The van der Waals surface area contributed by atoms with Crippen molar-refractivity contribution >= 4 is 33.7 Å². The molecule has 0 radical (unpaired) electrons. The number of rotatable bonds is 6. The van der Waals surface area contributed by atoms with Crippen molar-refractivity contribution in [2.75, 3.05) is 14.2 Å². The maximum atomic E-state index is 6.15. The Labute approximate surface area is 175 Å². The van der Waals surface area contributed by atoms with Gasteiger partial charge in [0.2, 0.25) is 5.75 Å². The fourth-order valence-electron chi connectivity index (χ4n) is 2.85. The maximum Gasteiger partial charge on any atom is 0.208 e. The van der Waals surface area contributed by atoms with Gasteiger partial charge in [-0.15, -0.1) is 0 Å². The van der Waals surface area contributed by atoms with Gasteiger partial charge < -0.3 is 18.6 Å². The number of fused-ring (bicyclic) bond motifs is 1. The molecule has 0 bridgehead atoms. The van der Waals surface area contributed by atoms with Crippen LogP contribution in [-0.2, 0) is 13.7 Å². The largest absolute Gasteiger partial charge is 0.497 e. The molecule has 3 heterocycles. The van der Waals surface area contributed by atoms with E-state index in [-0.39, 0.29) is 0 Å². The van der Waals surface area contributed by atoms with E-state index in [0.29, 0.717) is 29.4 Å². The fourth-order valence-corrected chi connectivity index (χ4v) is 3.65. The van der Waals surface area contributed by atoms with Crippen LogP contribution in [0.15, 0.2) is 47.3 Å². The van der Waals surface area contributed by atoms with Crippen LogP contribution in [0.3, 0.4) is 0 Å². The quantitative estimate of drug-likeness (QED) is 0.372. The summed E-state index contributed by atoms with van der Waals surface area (Å²) < 4.78 is 25.5. The molecule has 7 nitrogen and oxygen atoms in total. The van der Waals surface area contributed by atoms with Gasteiger partial charge in [-0.2, -0.15) is 5.10 Å². The monoisotopic (exact) mass is 491 g/mol. The molecule has 144 valence electrons. The van der Waals surface area contributed by atoms with E-state index in [1.54, 1.807) is 31.3 Å². The molecule has 0 amide bonds. The van der Waals surface area contributed by atoms with E-state index in [2.05, 4.69) is 32.7 Å². The van der Waals surface area contributed by atoms with Gasteiger partial charge in [-0.1, -0.05) is 12.1 Å². The molecule has 0 N–H and O–H groups in total. The van der Waals surface area contributed by atoms with Crippen LogP contribution in [0.25, 0.3) is 22.4 Å². The molecule has 0 saturated carbocycles. The van der Waals surface area contributed by atoms with Crippen LogP contribution < -0.4 is 14.2 Å². The molecule has 0 atom stereocenters. The van der Waals surface area contributed by atoms with E-state index in [1.165, 1.54) is 0 Å². The lowest BCUT2D eigenvalue weighted by atomic mass is 10.2. The van der Waals surface area contributed by atoms with Crippen molar-refractivity contribution in [3.05, 3.63) is 52.0 Å². The Morgan fingerprint density at radius 1 is 1.11 bits per heavy atom. The molecule has 0 fully saturated rings. The number of furan rings is 1. The van der Waals surface area contributed by atoms with Gasteiger partial charge in [0.25, 0.3) is 0 Å². The van der Waals surface area contributed by atoms with Gasteiger partial charge in [0.05, 0.1) is 35.7 Å². The van der Waals surface area contributed by atoms with Crippen LogP contribution in [-0.4, -0.2) is 29.0 Å². The first-order chi connectivity index (χ1) is 13.6. The number of benzene rings is 1. The summed E-state index contributed by atoms with van der Waals surface area (Å²) in [5.41, 5.74) is 3.16. The number of nitrogens with zero attached hydrogens (tertiary/aromatic N) is 3. The molecule has 0 aliphatic carbocycles. The molecule has 8 heteroatoms. The summed E-state index contributed by atoms with van der Waals surface area (Å²) in [5, 5.41) is 4.22. The van der Waals surface area contributed by atoms with Crippen molar-refractivity contribution in [1.29, 1.82) is 0 Å². The number of methoxy groups -OCH3 is 2. The van der Waals surface area contributed by atoms with Crippen molar-refractivity contribution in [3.63, 3.8) is 0 Å². The summed E-state index contributed by atoms with van der Waals surface area (Å²) in [4.78, 5) is 4.49. The molecule has 0 aliphatic rings. The summed E-state index contributed by atoms with van der Waals surface area (Å²) in [6.07, 6.45) is 5.31. The van der Waals surface area contributed by atoms with E-state index < -0.39 is 0 Å². The zero-order chi connectivity index (χ0) is 19.7. The Hall–Kier alpha value is -2.75. The van der Waals surface area contributed by atoms with Crippen LogP contribution in [0, 0.1) is 3.57 Å². The van der Waals surface area contributed by atoms with Gasteiger partial charge in [-0.3, -0.25) is 4.68 Å². The first kappa shape index (κ1) is 18.6. The molecule has 28 heavy (non-hydrogen) atoms. The number of hydrogen-bond donors (Lipinski definition) is 0. The van der Waals surface area contributed by atoms with Gasteiger partial charge in [-0.05, 0) is 40.3 Å². The molecular weight excluding hydrogens is 473 g/mol. The Balaban J connectivity index is 1.72. The van der Waals surface area contributed by atoms with Gasteiger partial charge in [-0.25, -0.2) is 4.98 Å². The van der Waals surface area contributed by atoms with Crippen molar-refractivity contribution < 1.29 is 18.6 Å². The highest BCUT2D eigenvalue weighted by Crippen LogP contribution is 2.42. The number of aryl methyl sites for hydroxylation is 1. The smallest absolute Gasteiger partial charge is 0.208 e.